The predicted molar refractivity (Wildman–Crippen MR) is 107 cm³/mol. The molecule has 136 valence electrons. The zero-order valence-electron chi connectivity index (χ0n) is 15.0. The minimum absolute atomic E-state index is 0.201. The van der Waals surface area contributed by atoms with Crippen LogP contribution in [0.2, 0.25) is 0 Å². The highest BCUT2D eigenvalue weighted by molar-refractivity contribution is 5.98. The summed E-state index contributed by atoms with van der Waals surface area (Å²) < 4.78 is 14.5. The van der Waals surface area contributed by atoms with Crippen molar-refractivity contribution < 1.29 is 4.39 Å². The van der Waals surface area contributed by atoms with E-state index in [1.807, 2.05) is 31.2 Å². The Labute approximate surface area is 153 Å². The van der Waals surface area contributed by atoms with E-state index in [0.29, 0.717) is 17.3 Å². The lowest BCUT2D eigenvalue weighted by atomic mass is 9.96. The van der Waals surface area contributed by atoms with E-state index in [-0.39, 0.29) is 5.82 Å². The minimum atomic E-state index is -0.201. The zero-order valence-corrected chi connectivity index (χ0v) is 15.0. The second-order valence-electron chi connectivity index (χ2n) is 7.22. The molecule has 5 N–H and O–H groups in total. The summed E-state index contributed by atoms with van der Waals surface area (Å²) in [6.45, 7) is 5.01. The van der Waals surface area contributed by atoms with Crippen LogP contribution in [0.5, 0.6) is 0 Å². The summed E-state index contributed by atoms with van der Waals surface area (Å²) in [5, 5.41) is 8.04. The first-order valence-electron chi connectivity index (χ1n) is 9.24. The van der Waals surface area contributed by atoms with Crippen molar-refractivity contribution in [2.45, 2.75) is 19.8 Å². The number of nitrogen functional groups attached to an aromatic ring is 1. The number of aryl methyl sites for hydroxylation is 1. The van der Waals surface area contributed by atoms with Gasteiger partial charge in [0.15, 0.2) is 0 Å². The molecule has 2 heterocycles. The highest BCUT2D eigenvalue weighted by atomic mass is 19.1. The van der Waals surface area contributed by atoms with Gasteiger partial charge in [0.2, 0.25) is 0 Å². The minimum Gasteiger partial charge on any atom is -0.385 e. The van der Waals surface area contributed by atoms with Crippen LogP contribution in [0.25, 0.3) is 22.0 Å². The largest absolute Gasteiger partial charge is 0.385 e. The first-order chi connectivity index (χ1) is 12.6. The van der Waals surface area contributed by atoms with Crippen LogP contribution in [0.1, 0.15) is 18.4 Å². The molecular formula is C21H25FN4. The van der Waals surface area contributed by atoms with E-state index in [0.717, 1.165) is 47.4 Å². The van der Waals surface area contributed by atoms with Crippen LogP contribution in [0.4, 0.5) is 15.9 Å². The molecular weight excluding hydrogens is 327 g/mol. The molecule has 0 saturated carbocycles. The van der Waals surface area contributed by atoms with Crippen LogP contribution in [0, 0.1) is 18.7 Å². The van der Waals surface area contributed by atoms with Gasteiger partial charge >= 0.3 is 0 Å². The van der Waals surface area contributed by atoms with Crippen molar-refractivity contribution in [2.75, 3.05) is 30.7 Å². The second kappa shape index (κ2) is 7.00. The Kier molecular flexibility index (Phi) is 4.55. The number of rotatable bonds is 4. The number of fused-ring (bicyclic) bond motifs is 1. The lowest BCUT2D eigenvalue weighted by molar-refractivity contribution is 0.390. The molecule has 0 bridgehead atoms. The normalized spacial score (nSPS) is 15.5. The summed E-state index contributed by atoms with van der Waals surface area (Å²) in [6, 6.07) is 11.2. The quantitative estimate of drug-likeness (QED) is 0.567. The van der Waals surface area contributed by atoms with E-state index < -0.39 is 0 Å². The fourth-order valence-corrected chi connectivity index (χ4v) is 3.89. The van der Waals surface area contributed by atoms with E-state index in [1.54, 1.807) is 6.07 Å². The highest BCUT2D eigenvalue weighted by Crippen LogP contribution is 2.35. The summed E-state index contributed by atoms with van der Waals surface area (Å²) in [5.74, 6) is 1.07. The molecule has 1 aliphatic rings. The number of aromatic nitrogens is 1. The Bertz CT molecular complexity index is 905. The van der Waals surface area contributed by atoms with Crippen LogP contribution in [-0.2, 0) is 0 Å². The fourth-order valence-electron chi connectivity index (χ4n) is 3.89. The van der Waals surface area contributed by atoms with Crippen LogP contribution >= 0.6 is 0 Å². The third-order valence-corrected chi connectivity index (χ3v) is 5.31. The number of aromatic amines is 1. The SMILES string of the molecule is Cc1cccc(F)c1-c1cc(NCC2CCNCC2)c2cc(N)[nH]c2c1. The molecule has 0 amide bonds. The molecule has 1 aliphatic heterocycles. The lowest BCUT2D eigenvalue weighted by Crippen LogP contribution is -2.31. The average Bonchev–Trinajstić information content (AvgIpc) is 3.01. The summed E-state index contributed by atoms with van der Waals surface area (Å²) in [7, 11) is 0. The monoisotopic (exact) mass is 352 g/mol. The first-order valence-corrected chi connectivity index (χ1v) is 9.24. The van der Waals surface area contributed by atoms with E-state index in [2.05, 4.69) is 15.6 Å². The summed E-state index contributed by atoms with van der Waals surface area (Å²) >= 11 is 0. The van der Waals surface area contributed by atoms with Gasteiger partial charge in [0, 0.05) is 28.7 Å². The number of nitrogens with two attached hydrogens (primary N) is 1. The van der Waals surface area contributed by atoms with E-state index >= 15 is 0 Å². The second-order valence-corrected chi connectivity index (χ2v) is 7.22. The molecule has 4 rings (SSSR count). The van der Waals surface area contributed by atoms with Crippen LogP contribution < -0.4 is 16.4 Å². The maximum Gasteiger partial charge on any atom is 0.131 e. The number of anilines is 2. The third kappa shape index (κ3) is 3.27. The van der Waals surface area contributed by atoms with Gasteiger partial charge in [0.25, 0.3) is 0 Å². The Morgan fingerprint density at radius 3 is 2.77 bits per heavy atom. The summed E-state index contributed by atoms with van der Waals surface area (Å²) in [4.78, 5) is 3.19. The first kappa shape index (κ1) is 16.9. The van der Waals surface area contributed by atoms with Crippen LogP contribution in [0.3, 0.4) is 0 Å². The van der Waals surface area contributed by atoms with Crippen molar-refractivity contribution >= 4 is 22.4 Å². The number of halogens is 1. The van der Waals surface area contributed by atoms with Gasteiger partial charge in [-0.3, -0.25) is 0 Å². The Morgan fingerprint density at radius 1 is 1.19 bits per heavy atom. The fraction of sp³-hybridized carbons (Fsp3) is 0.333. The molecule has 4 nitrogen and oxygen atoms in total. The molecule has 1 aromatic heterocycles. The Balaban J connectivity index is 1.73. The molecule has 0 atom stereocenters. The van der Waals surface area contributed by atoms with Crippen molar-refractivity contribution in [3.63, 3.8) is 0 Å². The van der Waals surface area contributed by atoms with Gasteiger partial charge in [-0.15, -0.1) is 0 Å². The molecule has 0 unspecified atom stereocenters. The van der Waals surface area contributed by atoms with Crippen LogP contribution in [-0.4, -0.2) is 24.6 Å². The van der Waals surface area contributed by atoms with Crippen molar-refractivity contribution in [3.8, 4) is 11.1 Å². The number of benzene rings is 2. The van der Waals surface area contributed by atoms with Gasteiger partial charge in [-0.1, -0.05) is 12.1 Å². The number of nitrogens with one attached hydrogen (secondary N) is 3. The average molecular weight is 352 g/mol. The third-order valence-electron chi connectivity index (χ3n) is 5.31. The van der Waals surface area contributed by atoms with Crippen molar-refractivity contribution in [1.82, 2.24) is 10.3 Å². The van der Waals surface area contributed by atoms with Crippen molar-refractivity contribution in [3.05, 3.63) is 47.8 Å². The summed E-state index contributed by atoms with van der Waals surface area (Å²) in [5.41, 5.74) is 10.3. The molecule has 2 aromatic carbocycles. The van der Waals surface area contributed by atoms with Gasteiger partial charge < -0.3 is 21.4 Å². The van der Waals surface area contributed by atoms with Gasteiger partial charge in [-0.05, 0) is 74.2 Å². The number of H-pyrrole nitrogens is 1. The zero-order chi connectivity index (χ0) is 18.1. The number of hydrogen-bond acceptors (Lipinski definition) is 3. The van der Waals surface area contributed by atoms with Gasteiger partial charge in [-0.2, -0.15) is 0 Å². The smallest absolute Gasteiger partial charge is 0.131 e. The molecule has 1 saturated heterocycles. The topological polar surface area (TPSA) is 65.9 Å². The number of hydrogen-bond donors (Lipinski definition) is 4. The highest BCUT2D eigenvalue weighted by Gasteiger charge is 2.16. The summed E-state index contributed by atoms with van der Waals surface area (Å²) in [6.07, 6.45) is 2.36. The molecule has 0 spiro atoms. The van der Waals surface area contributed by atoms with Gasteiger partial charge in [0.1, 0.15) is 11.6 Å². The number of piperidine rings is 1. The van der Waals surface area contributed by atoms with E-state index in [4.69, 9.17) is 5.73 Å². The maximum atomic E-state index is 14.5. The van der Waals surface area contributed by atoms with Crippen LogP contribution in [0.15, 0.2) is 36.4 Å². The molecule has 1 fully saturated rings. The standard InChI is InChI=1S/C21H25FN4/c1-13-3-2-4-17(22)21(13)15-9-18(16-11-20(23)26-19(16)10-15)25-12-14-5-7-24-8-6-14/h2-4,9-11,14,24-26H,5-8,12,23H2,1H3. The molecule has 26 heavy (non-hydrogen) atoms. The molecule has 5 heteroatoms. The lowest BCUT2D eigenvalue weighted by Gasteiger charge is -2.23. The van der Waals surface area contributed by atoms with Crippen molar-refractivity contribution in [1.29, 1.82) is 0 Å². The Morgan fingerprint density at radius 2 is 2.00 bits per heavy atom. The predicted octanol–water partition coefficient (Wildman–Crippen LogP) is 4.28. The molecule has 0 radical (unpaired) electrons. The van der Waals surface area contributed by atoms with Gasteiger partial charge in [0.05, 0.1) is 0 Å². The maximum absolute atomic E-state index is 14.5. The molecule has 0 aliphatic carbocycles. The molecule has 3 aromatic rings. The van der Waals surface area contributed by atoms with Gasteiger partial charge in [-0.25, -0.2) is 4.39 Å². The van der Waals surface area contributed by atoms with Crippen molar-refractivity contribution in [2.24, 2.45) is 5.92 Å². The Hall–Kier alpha value is -2.53. The van der Waals surface area contributed by atoms with E-state index in [9.17, 15) is 4.39 Å². The van der Waals surface area contributed by atoms with E-state index in [1.165, 1.54) is 18.9 Å².